The van der Waals surface area contributed by atoms with Crippen molar-refractivity contribution in [3.63, 3.8) is 0 Å². The van der Waals surface area contributed by atoms with E-state index in [0.717, 1.165) is 37.7 Å². The van der Waals surface area contributed by atoms with Crippen molar-refractivity contribution >= 4 is 5.96 Å². The normalized spacial score (nSPS) is 11.5. The zero-order valence-corrected chi connectivity index (χ0v) is 19.5. The average Bonchev–Trinajstić information content (AvgIpc) is 3.13. The molecule has 2 N–H and O–H groups in total. The SMILES string of the molecule is CCNC(=NCc1ccc(COCc2ccccc2)cc1)NCCCn1nc(C)cc1C. The standard InChI is InChI=1S/C26H35N5O/c1-4-27-26(28-15-8-16-31-22(3)17-21(2)30-31)29-18-23-11-13-25(14-12-23)20-32-19-24-9-6-5-7-10-24/h5-7,9-14,17H,4,8,15-16,18-20H2,1-3H3,(H2,27,28,29). The van der Waals surface area contributed by atoms with Gasteiger partial charge in [-0.05, 0) is 49.9 Å². The maximum atomic E-state index is 5.82. The predicted molar refractivity (Wildman–Crippen MR) is 131 cm³/mol. The van der Waals surface area contributed by atoms with E-state index in [-0.39, 0.29) is 0 Å². The zero-order valence-electron chi connectivity index (χ0n) is 19.5. The summed E-state index contributed by atoms with van der Waals surface area (Å²) in [5, 5.41) is 11.3. The molecule has 32 heavy (non-hydrogen) atoms. The lowest BCUT2D eigenvalue weighted by Gasteiger charge is -2.12. The van der Waals surface area contributed by atoms with E-state index in [4.69, 9.17) is 9.73 Å². The van der Waals surface area contributed by atoms with Gasteiger partial charge in [-0.2, -0.15) is 5.10 Å². The smallest absolute Gasteiger partial charge is 0.191 e. The molecule has 0 aliphatic rings. The summed E-state index contributed by atoms with van der Waals surface area (Å²) < 4.78 is 7.88. The van der Waals surface area contributed by atoms with Crippen molar-refractivity contribution in [1.29, 1.82) is 0 Å². The van der Waals surface area contributed by atoms with Gasteiger partial charge >= 0.3 is 0 Å². The minimum atomic E-state index is 0.609. The number of nitrogens with zero attached hydrogens (tertiary/aromatic N) is 3. The Balaban J connectivity index is 1.41. The summed E-state index contributed by atoms with van der Waals surface area (Å²) >= 11 is 0. The van der Waals surface area contributed by atoms with Crippen LogP contribution in [0.2, 0.25) is 0 Å². The predicted octanol–water partition coefficient (Wildman–Crippen LogP) is 4.36. The van der Waals surface area contributed by atoms with Crippen molar-refractivity contribution in [2.45, 2.75) is 53.5 Å². The monoisotopic (exact) mass is 433 g/mol. The van der Waals surface area contributed by atoms with Crippen LogP contribution in [0.3, 0.4) is 0 Å². The maximum Gasteiger partial charge on any atom is 0.191 e. The van der Waals surface area contributed by atoms with Crippen LogP contribution in [0.5, 0.6) is 0 Å². The fourth-order valence-electron chi connectivity index (χ4n) is 3.45. The molecule has 1 aromatic heterocycles. The summed E-state index contributed by atoms with van der Waals surface area (Å²) in [6.07, 6.45) is 0.990. The molecule has 0 fully saturated rings. The fourth-order valence-corrected chi connectivity index (χ4v) is 3.45. The van der Waals surface area contributed by atoms with Crippen LogP contribution in [0.1, 0.15) is 41.4 Å². The van der Waals surface area contributed by atoms with Gasteiger partial charge in [0.1, 0.15) is 0 Å². The van der Waals surface area contributed by atoms with E-state index in [2.05, 4.69) is 76.7 Å². The number of guanidine groups is 1. The topological polar surface area (TPSA) is 63.5 Å². The summed E-state index contributed by atoms with van der Waals surface area (Å²) in [6.45, 7) is 10.7. The van der Waals surface area contributed by atoms with Crippen LogP contribution in [-0.2, 0) is 31.0 Å². The number of benzene rings is 2. The molecule has 3 aromatic rings. The number of aromatic nitrogens is 2. The number of aryl methyl sites for hydroxylation is 3. The summed E-state index contributed by atoms with van der Waals surface area (Å²) in [7, 11) is 0. The molecule has 170 valence electrons. The Morgan fingerprint density at radius 1 is 0.938 bits per heavy atom. The van der Waals surface area contributed by atoms with Gasteiger partial charge in [0.05, 0.1) is 25.5 Å². The largest absolute Gasteiger partial charge is 0.372 e. The van der Waals surface area contributed by atoms with Crippen molar-refractivity contribution in [2.75, 3.05) is 13.1 Å². The number of ether oxygens (including phenoxy) is 1. The third-order valence-corrected chi connectivity index (χ3v) is 5.11. The van der Waals surface area contributed by atoms with Gasteiger partial charge in [0.2, 0.25) is 0 Å². The van der Waals surface area contributed by atoms with Crippen LogP contribution in [0.25, 0.3) is 0 Å². The molecule has 0 atom stereocenters. The second kappa shape index (κ2) is 12.7. The van der Waals surface area contributed by atoms with Crippen molar-refractivity contribution in [3.05, 3.63) is 88.7 Å². The fraction of sp³-hybridized carbons (Fsp3) is 0.385. The number of aliphatic imine (C=N–C) groups is 1. The Bertz CT molecular complexity index is 964. The van der Waals surface area contributed by atoms with Crippen molar-refractivity contribution in [1.82, 2.24) is 20.4 Å². The van der Waals surface area contributed by atoms with Crippen LogP contribution < -0.4 is 10.6 Å². The molecular weight excluding hydrogens is 398 g/mol. The molecule has 0 radical (unpaired) electrons. The van der Waals surface area contributed by atoms with Crippen LogP contribution >= 0.6 is 0 Å². The Morgan fingerprint density at radius 3 is 2.28 bits per heavy atom. The number of nitrogens with one attached hydrogen (secondary N) is 2. The van der Waals surface area contributed by atoms with Crippen LogP contribution in [-0.4, -0.2) is 28.8 Å². The summed E-state index contributed by atoms with van der Waals surface area (Å²) in [5.41, 5.74) is 5.81. The lowest BCUT2D eigenvalue weighted by Crippen LogP contribution is -2.38. The van der Waals surface area contributed by atoms with E-state index >= 15 is 0 Å². The molecule has 6 heteroatoms. The van der Waals surface area contributed by atoms with Gasteiger partial charge in [-0.1, -0.05) is 54.6 Å². The van der Waals surface area contributed by atoms with Crippen molar-refractivity contribution in [2.24, 2.45) is 4.99 Å². The molecule has 0 saturated carbocycles. The van der Waals surface area contributed by atoms with E-state index in [0.29, 0.717) is 19.8 Å². The average molecular weight is 434 g/mol. The molecule has 0 bridgehead atoms. The molecule has 2 aromatic carbocycles. The van der Waals surface area contributed by atoms with Gasteiger partial charge in [0.25, 0.3) is 0 Å². The van der Waals surface area contributed by atoms with Crippen molar-refractivity contribution in [3.8, 4) is 0 Å². The summed E-state index contributed by atoms with van der Waals surface area (Å²) in [4.78, 5) is 4.72. The molecular formula is C26H35N5O. The second-order valence-electron chi connectivity index (χ2n) is 7.92. The summed E-state index contributed by atoms with van der Waals surface area (Å²) in [6, 6.07) is 20.8. The first-order valence-corrected chi connectivity index (χ1v) is 11.4. The number of rotatable bonds is 11. The zero-order chi connectivity index (χ0) is 22.6. The highest BCUT2D eigenvalue weighted by molar-refractivity contribution is 5.79. The Hall–Kier alpha value is -3.12. The quantitative estimate of drug-likeness (QED) is 0.268. The summed E-state index contributed by atoms with van der Waals surface area (Å²) in [5.74, 6) is 0.844. The maximum absolute atomic E-state index is 5.82. The minimum Gasteiger partial charge on any atom is -0.372 e. The van der Waals surface area contributed by atoms with Crippen LogP contribution in [0, 0.1) is 13.8 Å². The van der Waals surface area contributed by atoms with Crippen LogP contribution in [0.4, 0.5) is 0 Å². The van der Waals surface area contributed by atoms with E-state index in [9.17, 15) is 0 Å². The molecule has 0 aliphatic heterocycles. The highest BCUT2D eigenvalue weighted by atomic mass is 16.5. The number of hydrogen-bond donors (Lipinski definition) is 2. The van der Waals surface area contributed by atoms with Gasteiger partial charge in [0.15, 0.2) is 5.96 Å². The highest BCUT2D eigenvalue weighted by Gasteiger charge is 2.02. The van der Waals surface area contributed by atoms with Crippen LogP contribution in [0.15, 0.2) is 65.7 Å². The van der Waals surface area contributed by atoms with E-state index in [1.807, 2.05) is 25.1 Å². The van der Waals surface area contributed by atoms with E-state index < -0.39 is 0 Å². The third-order valence-electron chi connectivity index (χ3n) is 5.11. The van der Waals surface area contributed by atoms with Gasteiger partial charge in [-0.15, -0.1) is 0 Å². The molecule has 0 unspecified atom stereocenters. The molecule has 0 amide bonds. The molecule has 6 nitrogen and oxygen atoms in total. The van der Waals surface area contributed by atoms with Gasteiger partial charge < -0.3 is 15.4 Å². The Labute approximate surface area is 191 Å². The van der Waals surface area contributed by atoms with Gasteiger partial charge in [-0.3, -0.25) is 4.68 Å². The van der Waals surface area contributed by atoms with Gasteiger partial charge in [-0.25, -0.2) is 4.99 Å². The van der Waals surface area contributed by atoms with E-state index in [1.54, 1.807) is 0 Å². The molecule has 1 heterocycles. The highest BCUT2D eigenvalue weighted by Crippen LogP contribution is 2.09. The molecule has 3 rings (SSSR count). The first kappa shape index (κ1) is 23.5. The molecule has 0 spiro atoms. The van der Waals surface area contributed by atoms with Gasteiger partial charge in [0, 0.05) is 25.3 Å². The Morgan fingerprint density at radius 2 is 1.62 bits per heavy atom. The first-order valence-electron chi connectivity index (χ1n) is 11.4. The number of hydrogen-bond acceptors (Lipinski definition) is 3. The molecule has 0 saturated heterocycles. The van der Waals surface area contributed by atoms with Crippen molar-refractivity contribution < 1.29 is 4.74 Å². The second-order valence-corrected chi connectivity index (χ2v) is 7.92. The minimum absolute atomic E-state index is 0.609. The first-order chi connectivity index (χ1) is 15.6. The lowest BCUT2D eigenvalue weighted by atomic mass is 10.1. The Kier molecular flexibility index (Phi) is 9.32. The van der Waals surface area contributed by atoms with E-state index in [1.165, 1.54) is 22.4 Å². The third kappa shape index (κ3) is 7.85. The molecule has 0 aliphatic carbocycles. The lowest BCUT2D eigenvalue weighted by molar-refractivity contribution is 0.107.